The molecule has 0 aromatic heterocycles. The highest BCUT2D eigenvalue weighted by Crippen LogP contribution is 2.26. The molecule has 1 heterocycles. The van der Waals surface area contributed by atoms with Crippen molar-refractivity contribution in [2.24, 2.45) is 0 Å². The highest BCUT2D eigenvalue weighted by Gasteiger charge is 2.29. The highest BCUT2D eigenvalue weighted by molar-refractivity contribution is 6.30. The van der Waals surface area contributed by atoms with Gasteiger partial charge in [-0.05, 0) is 69.0 Å². The number of halogens is 1. The van der Waals surface area contributed by atoms with Crippen LogP contribution in [0.1, 0.15) is 63.1 Å². The van der Waals surface area contributed by atoms with E-state index in [4.69, 9.17) is 25.8 Å². The standard InChI is InChI=1S/C29H37ClN2O6/c1-29(2,3)38-28(35)31-24-8-6-5-7-15-32(27(24)34)18-22-16-21(17-26(33)36-4)11-14-25(22)37-19-20-9-12-23(30)13-10-20/h9-14,16,24H,5-8,15,17-19H2,1-4H3,(H,31,35)/t24-/m0/s1. The van der Waals surface area contributed by atoms with Crippen LogP contribution < -0.4 is 10.1 Å². The van der Waals surface area contributed by atoms with Gasteiger partial charge in [-0.25, -0.2) is 4.79 Å². The van der Waals surface area contributed by atoms with Crippen molar-refractivity contribution in [3.63, 3.8) is 0 Å². The SMILES string of the molecule is COC(=O)Cc1ccc(OCc2ccc(Cl)cc2)c(CN2CCCCC[C@H](NC(=O)OC(C)(C)C)C2=O)c1. The molecule has 2 aromatic rings. The van der Waals surface area contributed by atoms with E-state index in [1.165, 1.54) is 7.11 Å². The van der Waals surface area contributed by atoms with E-state index < -0.39 is 17.7 Å². The van der Waals surface area contributed by atoms with Gasteiger partial charge in [-0.15, -0.1) is 0 Å². The monoisotopic (exact) mass is 544 g/mol. The first-order valence-corrected chi connectivity index (χ1v) is 13.3. The zero-order chi connectivity index (χ0) is 27.7. The second-order valence-electron chi connectivity index (χ2n) is 10.4. The van der Waals surface area contributed by atoms with Crippen molar-refractivity contribution in [3.05, 3.63) is 64.2 Å². The Labute approximate surface area is 229 Å². The molecular formula is C29H37ClN2O6. The number of benzene rings is 2. The molecule has 2 aromatic carbocycles. The molecule has 1 fully saturated rings. The third kappa shape index (κ3) is 9.24. The first kappa shape index (κ1) is 29.3. The molecular weight excluding hydrogens is 508 g/mol. The van der Waals surface area contributed by atoms with Crippen LogP contribution in [0, 0.1) is 0 Å². The minimum Gasteiger partial charge on any atom is -0.489 e. The van der Waals surface area contributed by atoms with E-state index in [0.717, 1.165) is 36.0 Å². The molecule has 3 rings (SSSR count). The Balaban J connectivity index is 1.82. The molecule has 1 saturated heterocycles. The number of likely N-dealkylation sites (tertiary alicyclic amines) is 1. The van der Waals surface area contributed by atoms with Gasteiger partial charge in [0.25, 0.3) is 0 Å². The molecule has 0 aliphatic carbocycles. The molecule has 2 amide bonds. The fraction of sp³-hybridized carbons (Fsp3) is 0.483. The number of hydrogen-bond acceptors (Lipinski definition) is 6. The number of alkyl carbamates (subject to hydrolysis) is 1. The number of hydrogen-bond donors (Lipinski definition) is 1. The molecule has 9 heteroatoms. The van der Waals surface area contributed by atoms with E-state index >= 15 is 0 Å². The van der Waals surface area contributed by atoms with Gasteiger partial charge in [-0.3, -0.25) is 9.59 Å². The topological polar surface area (TPSA) is 94.2 Å². The van der Waals surface area contributed by atoms with Gasteiger partial charge in [0, 0.05) is 23.7 Å². The average Bonchev–Trinajstić information content (AvgIpc) is 2.85. The molecule has 0 radical (unpaired) electrons. The quantitative estimate of drug-likeness (QED) is 0.445. The Morgan fingerprint density at radius 3 is 2.45 bits per heavy atom. The number of rotatable bonds is 8. The van der Waals surface area contributed by atoms with Crippen molar-refractivity contribution in [1.82, 2.24) is 10.2 Å². The summed E-state index contributed by atoms with van der Waals surface area (Å²) in [6.07, 6.45) is 2.67. The van der Waals surface area contributed by atoms with Crippen molar-refractivity contribution >= 4 is 29.6 Å². The van der Waals surface area contributed by atoms with Crippen LogP contribution in [-0.2, 0) is 38.6 Å². The number of carbonyl (C=O) groups excluding carboxylic acids is 3. The molecule has 0 spiro atoms. The first-order valence-electron chi connectivity index (χ1n) is 12.9. The van der Waals surface area contributed by atoms with Crippen LogP contribution >= 0.6 is 11.6 Å². The summed E-state index contributed by atoms with van der Waals surface area (Å²) < 4.78 is 16.4. The molecule has 1 N–H and O–H groups in total. The van der Waals surface area contributed by atoms with Crippen molar-refractivity contribution in [2.45, 2.75) is 77.7 Å². The molecule has 1 atom stereocenters. The lowest BCUT2D eigenvalue weighted by Gasteiger charge is -2.31. The molecule has 38 heavy (non-hydrogen) atoms. The van der Waals surface area contributed by atoms with Crippen LogP contribution in [0.15, 0.2) is 42.5 Å². The van der Waals surface area contributed by atoms with E-state index in [-0.39, 0.29) is 24.8 Å². The number of nitrogens with zero attached hydrogens (tertiary/aromatic N) is 1. The third-order valence-corrected chi connectivity index (χ3v) is 6.34. The van der Waals surface area contributed by atoms with E-state index in [1.807, 2.05) is 30.3 Å². The van der Waals surface area contributed by atoms with E-state index in [9.17, 15) is 14.4 Å². The van der Waals surface area contributed by atoms with Gasteiger partial charge < -0.3 is 24.4 Å². The summed E-state index contributed by atoms with van der Waals surface area (Å²) in [7, 11) is 1.35. The lowest BCUT2D eigenvalue weighted by Crippen LogP contribution is -2.50. The molecule has 0 bridgehead atoms. The fourth-order valence-electron chi connectivity index (χ4n) is 4.22. The van der Waals surface area contributed by atoms with Gasteiger partial charge in [0.05, 0.1) is 13.5 Å². The Morgan fingerprint density at radius 2 is 1.76 bits per heavy atom. The number of esters is 1. The summed E-state index contributed by atoms with van der Waals surface area (Å²) in [6.45, 7) is 6.49. The van der Waals surface area contributed by atoms with Crippen LogP contribution in [-0.4, -0.2) is 48.2 Å². The van der Waals surface area contributed by atoms with Crippen molar-refractivity contribution in [2.75, 3.05) is 13.7 Å². The summed E-state index contributed by atoms with van der Waals surface area (Å²) in [6, 6.07) is 12.2. The van der Waals surface area contributed by atoms with Gasteiger partial charge in [0.15, 0.2) is 0 Å². The third-order valence-electron chi connectivity index (χ3n) is 6.09. The second kappa shape index (κ2) is 13.5. The molecule has 8 nitrogen and oxygen atoms in total. The van der Waals surface area contributed by atoms with Crippen LogP contribution in [0.5, 0.6) is 5.75 Å². The van der Waals surface area contributed by atoms with E-state index in [2.05, 4.69) is 5.32 Å². The first-order chi connectivity index (χ1) is 18.0. The molecule has 1 aliphatic heterocycles. The Bertz CT molecular complexity index is 1110. The Kier molecular flexibility index (Phi) is 10.4. The zero-order valence-corrected chi connectivity index (χ0v) is 23.3. The average molecular weight is 545 g/mol. The van der Waals surface area contributed by atoms with Crippen LogP contribution in [0.25, 0.3) is 0 Å². The highest BCUT2D eigenvalue weighted by atomic mass is 35.5. The second-order valence-corrected chi connectivity index (χ2v) is 10.9. The molecule has 206 valence electrons. The van der Waals surface area contributed by atoms with E-state index in [0.29, 0.717) is 30.3 Å². The Hall–Kier alpha value is -3.26. The maximum absolute atomic E-state index is 13.6. The van der Waals surface area contributed by atoms with Crippen LogP contribution in [0.2, 0.25) is 5.02 Å². The van der Waals surface area contributed by atoms with Gasteiger partial charge in [0.1, 0.15) is 24.0 Å². The maximum atomic E-state index is 13.6. The summed E-state index contributed by atoms with van der Waals surface area (Å²) in [5.41, 5.74) is 1.81. The van der Waals surface area contributed by atoms with Crippen molar-refractivity contribution < 1.29 is 28.6 Å². The summed E-state index contributed by atoms with van der Waals surface area (Å²) >= 11 is 6.00. The number of carbonyl (C=O) groups is 3. The Morgan fingerprint density at radius 1 is 1.05 bits per heavy atom. The minimum absolute atomic E-state index is 0.109. The van der Waals surface area contributed by atoms with Crippen LogP contribution in [0.4, 0.5) is 4.79 Å². The largest absolute Gasteiger partial charge is 0.489 e. The normalized spacial score (nSPS) is 16.3. The van der Waals surface area contributed by atoms with Crippen molar-refractivity contribution in [3.8, 4) is 5.75 Å². The number of nitrogens with one attached hydrogen (secondary N) is 1. The summed E-state index contributed by atoms with van der Waals surface area (Å²) in [4.78, 5) is 39.6. The predicted octanol–water partition coefficient (Wildman–Crippen LogP) is 5.43. The summed E-state index contributed by atoms with van der Waals surface area (Å²) in [5.74, 6) is 0.0902. The summed E-state index contributed by atoms with van der Waals surface area (Å²) in [5, 5.41) is 3.41. The lowest BCUT2D eigenvalue weighted by molar-refractivity contribution is -0.139. The maximum Gasteiger partial charge on any atom is 0.408 e. The number of ether oxygens (including phenoxy) is 3. The van der Waals surface area contributed by atoms with Gasteiger partial charge in [-0.2, -0.15) is 0 Å². The fourth-order valence-corrected chi connectivity index (χ4v) is 4.34. The number of amides is 2. The van der Waals surface area contributed by atoms with Gasteiger partial charge in [-0.1, -0.05) is 42.6 Å². The van der Waals surface area contributed by atoms with Gasteiger partial charge in [0.2, 0.25) is 5.91 Å². The van der Waals surface area contributed by atoms with Crippen molar-refractivity contribution in [1.29, 1.82) is 0 Å². The lowest BCUT2D eigenvalue weighted by atomic mass is 10.0. The molecule has 0 saturated carbocycles. The van der Waals surface area contributed by atoms with E-state index in [1.54, 1.807) is 37.8 Å². The minimum atomic E-state index is -0.679. The molecule has 1 aliphatic rings. The molecule has 0 unspecified atom stereocenters. The smallest absolute Gasteiger partial charge is 0.408 e. The zero-order valence-electron chi connectivity index (χ0n) is 22.6. The predicted molar refractivity (Wildman–Crippen MR) is 145 cm³/mol. The van der Waals surface area contributed by atoms with Crippen LogP contribution in [0.3, 0.4) is 0 Å². The van der Waals surface area contributed by atoms with Gasteiger partial charge >= 0.3 is 12.1 Å². The number of methoxy groups -OCH3 is 1.